The molecular weight excluding hydrogens is 170 g/mol. The Balaban J connectivity index is 4.88. The molecule has 0 saturated heterocycles. The summed E-state index contributed by atoms with van der Waals surface area (Å²) >= 11 is 0. The van der Waals surface area contributed by atoms with Gasteiger partial charge < -0.3 is 9.47 Å². The van der Waals surface area contributed by atoms with Crippen molar-refractivity contribution in [2.24, 2.45) is 5.92 Å². The van der Waals surface area contributed by atoms with Crippen LogP contribution in [0.15, 0.2) is 0 Å². The fraction of sp³-hybridized carbons (Fsp3) is 0.778. The molecule has 0 fully saturated rings. The van der Waals surface area contributed by atoms with E-state index in [1.807, 2.05) is 13.8 Å². The van der Waals surface area contributed by atoms with Crippen molar-refractivity contribution in [3.05, 3.63) is 0 Å². The molecule has 0 saturated carbocycles. The normalized spacial score (nSPS) is 14.5. The summed E-state index contributed by atoms with van der Waals surface area (Å²) in [6.07, 6.45) is 1.98. The number of nitrogens with zero attached hydrogens (tertiary/aromatic N) is 1. The van der Waals surface area contributed by atoms with E-state index in [9.17, 15) is 4.79 Å². The highest BCUT2D eigenvalue weighted by molar-refractivity contribution is 5.79. The van der Waals surface area contributed by atoms with Gasteiger partial charge in [-0.05, 0) is 6.42 Å². The first-order valence-electron chi connectivity index (χ1n) is 4.20. The molecule has 0 aromatic carbocycles. The van der Waals surface area contributed by atoms with E-state index in [4.69, 9.17) is 10.00 Å². The van der Waals surface area contributed by atoms with Gasteiger partial charge in [0.05, 0.1) is 7.11 Å². The first-order valence-corrected chi connectivity index (χ1v) is 4.20. The average Bonchev–Trinajstić information content (AvgIpc) is 2.12. The highest BCUT2D eigenvalue weighted by atomic mass is 16.6. The summed E-state index contributed by atoms with van der Waals surface area (Å²) < 4.78 is 9.43. The maximum absolute atomic E-state index is 11.4. The third kappa shape index (κ3) is 2.11. The number of nitriles is 1. The number of carbonyl (C=O) groups is 1. The highest BCUT2D eigenvalue weighted by Gasteiger charge is 2.43. The Morgan fingerprint density at radius 1 is 1.62 bits per heavy atom. The molecule has 0 rings (SSSR count). The van der Waals surface area contributed by atoms with Crippen molar-refractivity contribution < 1.29 is 14.3 Å². The molecular formula is C9H15NO3. The molecule has 0 aromatic heterocycles. The second-order valence-corrected chi connectivity index (χ2v) is 3.08. The van der Waals surface area contributed by atoms with Crippen molar-refractivity contribution in [2.45, 2.75) is 32.8 Å². The largest absolute Gasteiger partial charge is 0.466 e. The number of esters is 1. The van der Waals surface area contributed by atoms with Gasteiger partial charge >= 0.3 is 5.97 Å². The average molecular weight is 185 g/mol. The quantitative estimate of drug-likeness (QED) is 0.491. The van der Waals surface area contributed by atoms with Crippen LogP contribution in [0.2, 0.25) is 0 Å². The van der Waals surface area contributed by atoms with Crippen LogP contribution in [0.5, 0.6) is 0 Å². The fourth-order valence-corrected chi connectivity index (χ4v) is 1.27. The Labute approximate surface area is 78.4 Å². The first kappa shape index (κ1) is 11.8. The van der Waals surface area contributed by atoms with Crippen LogP contribution >= 0.6 is 0 Å². The Morgan fingerprint density at radius 2 is 2.15 bits per heavy atom. The molecule has 0 aliphatic rings. The van der Waals surface area contributed by atoms with Crippen molar-refractivity contribution in [3.63, 3.8) is 0 Å². The highest BCUT2D eigenvalue weighted by Crippen LogP contribution is 2.26. The van der Waals surface area contributed by atoms with Gasteiger partial charge in [-0.1, -0.05) is 20.8 Å². The summed E-state index contributed by atoms with van der Waals surface area (Å²) in [5.74, 6) is -0.587. The standard InChI is InChI=1S/C9H15NO3/c1-5-9(7(2)3,13-6-10)8(11)12-4/h7H,5H2,1-4H3/t9-/m0/s1. The lowest BCUT2D eigenvalue weighted by molar-refractivity contribution is -0.167. The summed E-state index contributed by atoms with van der Waals surface area (Å²) in [7, 11) is 1.29. The molecule has 0 amide bonds. The lowest BCUT2D eigenvalue weighted by Crippen LogP contribution is -2.45. The number of carbonyl (C=O) groups excluding carboxylic acids is 1. The van der Waals surface area contributed by atoms with Gasteiger partial charge in [0.15, 0.2) is 0 Å². The van der Waals surface area contributed by atoms with E-state index in [2.05, 4.69) is 4.74 Å². The second kappa shape index (κ2) is 4.70. The van der Waals surface area contributed by atoms with Gasteiger partial charge in [0.1, 0.15) is 0 Å². The second-order valence-electron chi connectivity index (χ2n) is 3.08. The van der Waals surface area contributed by atoms with Gasteiger partial charge in [0.25, 0.3) is 6.26 Å². The van der Waals surface area contributed by atoms with Gasteiger partial charge in [-0.2, -0.15) is 5.26 Å². The van der Waals surface area contributed by atoms with Crippen LogP contribution < -0.4 is 0 Å². The molecule has 13 heavy (non-hydrogen) atoms. The number of hydrogen-bond acceptors (Lipinski definition) is 4. The number of hydrogen-bond donors (Lipinski definition) is 0. The van der Waals surface area contributed by atoms with Crippen LogP contribution in [0, 0.1) is 17.4 Å². The van der Waals surface area contributed by atoms with E-state index in [1.165, 1.54) is 7.11 Å². The van der Waals surface area contributed by atoms with Crippen LogP contribution in [-0.2, 0) is 14.3 Å². The minimum atomic E-state index is -1.12. The minimum absolute atomic E-state index is 0.0930. The SMILES string of the molecule is CC[C@@](OC#N)(C(=O)OC)C(C)C. The van der Waals surface area contributed by atoms with Gasteiger partial charge in [-0.25, -0.2) is 4.79 Å². The van der Waals surface area contributed by atoms with Crippen LogP contribution in [-0.4, -0.2) is 18.7 Å². The summed E-state index contributed by atoms with van der Waals surface area (Å²) in [5.41, 5.74) is -1.12. The van der Waals surface area contributed by atoms with Crippen molar-refractivity contribution in [2.75, 3.05) is 7.11 Å². The fourth-order valence-electron chi connectivity index (χ4n) is 1.27. The third-order valence-electron chi connectivity index (χ3n) is 2.22. The molecule has 4 nitrogen and oxygen atoms in total. The van der Waals surface area contributed by atoms with Crippen LogP contribution in [0.1, 0.15) is 27.2 Å². The molecule has 74 valence electrons. The number of methoxy groups -OCH3 is 1. The van der Waals surface area contributed by atoms with Crippen molar-refractivity contribution >= 4 is 5.97 Å². The molecule has 0 N–H and O–H groups in total. The molecule has 0 unspecified atom stereocenters. The van der Waals surface area contributed by atoms with Crippen molar-refractivity contribution in [3.8, 4) is 6.26 Å². The molecule has 0 spiro atoms. The third-order valence-corrected chi connectivity index (χ3v) is 2.22. The van der Waals surface area contributed by atoms with Crippen LogP contribution in [0.3, 0.4) is 0 Å². The number of rotatable bonds is 4. The Kier molecular flexibility index (Phi) is 4.26. The maximum atomic E-state index is 11.4. The Hall–Kier alpha value is -1.24. The summed E-state index contributed by atoms with van der Waals surface area (Å²) in [6.45, 7) is 5.42. The molecule has 4 heteroatoms. The van der Waals surface area contributed by atoms with E-state index in [0.29, 0.717) is 6.42 Å². The number of ether oxygens (including phenoxy) is 2. The maximum Gasteiger partial charge on any atom is 0.351 e. The first-order chi connectivity index (χ1) is 6.05. The summed E-state index contributed by atoms with van der Waals surface area (Å²) in [6, 6.07) is 0. The van der Waals surface area contributed by atoms with E-state index < -0.39 is 11.6 Å². The molecule has 0 bridgehead atoms. The molecule has 0 aromatic rings. The van der Waals surface area contributed by atoms with Gasteiger partial charge in [0.2, 0.25) is 5.60 Å². The van der Waals surface area contributed by atoms with E-state index in [0.717, 1.165) is 0 Å². The van der Waals surface area contributed by atoms with Crippen LogP contribution in [0.4, 0.5) is 0 Å². The predicted octanol–water partition coefficient (Wildman–Crippen LogP) is 1.46. The topological polar surface area (TPSA) is 59.3 Å². The summed E-state index contributed by atoms with van der Waals surface area (Å²) in [5, 5.41) is 8.45. The molecule has 0 radical (unpaired) electrons. The monoisotopic (exact) mass is 185 g/mol. The van der Waals surface area contributed by atoms with Crippen molar-refractivity contribution in [1.29, 1.82) is 5.26 Å². The molecule has 1 atom stereocenters. The van der Waals surface area contributed by atoms with E-state index in [1.54, 1.807) is 13.2 Å². The molecule has 0 aliphatic heterocycles. The van der Waals surface area contributed by atoms with Gasteiger partial charge in [-0.15, -0.1) is 0 Å². The Bertz CT molecular complexity index is 219. The molecule has 0 aliphatic carbocycles. The lowest BCUT2D eigenvalue weighted by Gasteiger charge is -2.30. The molecule has 0 heterocycles. The van der Waals surface area contributed by atoms with E-state index in [-0.39, 0.29) is 5.92 Å². The zero-order chi connectivity index (χ0) is 10.5. The minimum Gasteiger partial charge on any atom is -0.466 e. The zero-order valence-electron chi connectivity index (χ0n) is 8.46. The van der Waals surface area contributed by atoms with Gasteiger partial charge in [0, 0.05) is 5.92 Å². The van der Waals surface area contributed by atoms with Gasteiger partial charge in [-0.3, -0.25) is 0 Å². The zero-order valence-corrected chi connectivity index (χ0v) is 8.46. The van der Waals surface area contributed by atoms with Crippen LogP contribution in [0.25, 0.3) is 0 Å². The van der Waals surface area contributed by atoms with Crippen molar-refractivity contribution in [1.82, 2.24) is 0 Å². The summed E-state index contributed by atoms with van der Waals surface area (Å²) in [4.78, 5) is 11.4. The van der Waals surface area contributed by atoms with E-state index >= 15 is 0 Å². The predicted molar refractivity (Wildman–Crippen MR) is 46.6 cm³/mol. The smallest absolute Gasteiger partial charge is 0.351 e. The lowest BCUT2D eigenvalue weighted by atomic mass is 9.87. The Morgan fingerprint density at radius 3 is 2.38 bits per heavy atom.